The smallest absolute Gasteiger partial charge is 0.232 e. The van der Waals surface area contributed by atoms with Crippen LogP contribution in [0.25, 0.3) is 0 Å². The fourth-order valence-corrected chi connectivity index (χ4v) is 6.78. The quantitative estimate of drug-likeness (QED) is 0.412. The number of hydrogen-bond donors (Lipinski definition) is 2. The molecule has 1 aliphatic carbocycles. The zero-order valence-corrected chi connectivity index (χ0v) is 23.8. The van der Waals surface area contributed by atoms with Crippen LogP contribution in [0.15, 0.2) is 30.3 Å². The molecule has 2 atom stereocenters. The molecule has 2 aromatic rings. The Balaban J connectivity index is 1.34. The summed E-state index contributed by atoms with van der Waals surface area (Å²) < 4.78 is 13.6. The number of halogens is 1. The number of nitrogens with zero attached hydrogens (tertiary/aromatic N) is 4. The largest absolute Gasteiger partial charge is 0.361 e. The van der Waals surface area contributed by atoms with Crippen molar-refractivity contribution in [2.45, 2.75) is 89.5 Å². The number of rotatable bonds is 6. The van der Waals surface area contributed by atoms with Crippen molar-refractivity contribution in [3.8, 4) is 0 Å². The molecule has 2 aliphatic heterocycles. The zero-order valence-electron chi connectivity index (χ0n) is 23.0. The Morgan fingerprint density at radius 2 is 1.74 bits per heavy atom. The van der Waals surface area contributed by atoms with Gasteiger partial charge >= 0.3 is 0 Å². The van der Waals surface area contributed by atoms with E-state index in [4.69, 9.17) is 22.2 Å². The second-order valence-electron chi connectivity index (χ2n) is 11.8. The van der Waals surface area contributed by atoms with Gasteiger partial charge in [-0.05, 0) is 87.7 Å². The van der Waals surface area contributed by atoms with E-state index in [2.05, 4.69) is 40.3 Å². The van der Waals surface area contributed by atoms with E-state index in [0.29, 0.717) is 29.6 Å². The van der Waals surface area contributed by atoms with Gasteiger partial charge in [0.15, 0.2) is 5.11 Å². The fourth-order valence-electron chi connectivity index (χ4n) is 6.62. The van der Waals surface area contributed by atoms with Crippen molar-refractivity contribution in [2.24, 2.45) is 5.92 Å². The lowest BCUT2D eigenvalue weighted by atomic mass is 9.69. The van der Waals surface area contributed by atoms with Gasteiger partial charge < -0.3 is 20.4 Å². The second-order valence-corrected chi connectivity index (χ2v) is 12.2. The van der Waals surface area contributed by atoms with Crippen molar-refractivity contribution in [2.75, 3.05) is 41.3 Å². The first-order valence-electron chi connectivity index (χ1n) is 14.6. The molecule has 1 saturated carbocycles. The standard InChI is InChI=1S/C30H43FN6S/c1-22-9-8-17-36(20-22)26-19-27(37-18-7-4-10-23(37)2)34-28(33-26)35-29(38)32-21-30(15-5-3-6-16-30)24-11-13-25(31)14-12-24/h11-14,19,22-23H,3-10,15-18,20-21H2,1-2H3,(H2,32,33,34,35,38)/t22-,23+/m1/s1. The SMILES string of the molecule is C[C@@H]1CCCN(c2cc(N3CCCC[C@@H]3C)nc(NC(=S)NCC3(c4ccc(F)cc4)CCCCC3)n2)C1. The summed E-state index contributed by atoms with van der Waals surface area (Å²) >= 11 is 5.78. The van der Waals surface area contributed by atoms with Gasteiger partial charge in [0.05, 0.1) is 0 Å². The fraction of sp³-hybridized carbons (Fsp3) is 0.633. The minimum absolute atomic E-state index is 0.0429. The first-order chi connectivity index (χ1) is 18.4. The van der Waals surface area contributed by atoms with E-state index >= 15 is 0 Å². The van der Waals surface area contributed by atoms with Crippen LogP contribution in [-0.4, -0.2) is 47.3 Å². The van der Waals surface area contributed by atoms with Crippen LogP contribution in [0.1, 0.15) is 83.6 Å². The van der Waals surface area contributed by atoms with Crippen molar-refractivity contribution in [1.82, 2.24) is 15.3 Å². The maximum absolute atomic E-state index is 13.6. The number of hydrogen-bond acceptors (Lipinski definition) is 5. The van der Waals surface area contributed by atoms with E-state index in [0.717, 1.165) is 44.1 Å². The van der Waals surface area contributed by atoms with Gasteiger partial charge in [0, 0.05) is 43.7 Å². The normalized spacial score (nSPS) is 23.7. The number of benzene rings is 1. The number of aromatic nitrogens is 2. The maximum Gasteiger partial charge on any atom is 0.232 e. The average molecular weight is 539 g/mol. The van der Waals surface area contributed by atoms with E-state index in [-0.39, 0.29) is 11.2 Å². The van der Waals surface area contributed by atoms with E-state index in [1.165, 1.54) is 56.9 Å². The van der Waals surface area contributed by atoms with Crippen LogP contribution in [0.5, 0.6) is 0 Å². The lowest BCUT2D eigenvalue weighted by Gasteiger charge is -2.38. The van der Waals surface area contributed by atoms with Gasteiger partial charge in [0.1, 0.15) is 17.5 Å². The van der Waals surface area contributed by atoms with E-state index in [1.807, 2.05) is 12.1 Å². The number of thiocarbonyl (C=S) groups is 1. The van der Waals surface area contributed by atoms with Crippen molar-refractivity contribution in [3.05, 3.63) is 41.7 Å². The van der Waals surface area contributed by atoms with E-state index < -0.39 is 0 Å². The highest BCUT2D eigenvalue weighted by Crippen LogP contribution is 2.39. The summed E-state index contributed by atoms with van der Waals surface area (Å²) in [5, 5.41) is 7.36. The molecule has 5 rings (SSSR count). The molecular weight excluding hydrogens is 495 g/mol. The molecule has 0 bridgehead atoms. The summed E-state index contributed by atoms with van der Waals surface area (Å²) in [6, 6.07) is 9.67. The zero-order chi connectivity index (χ0) is 26.5. The molecule has 0 unspecified atom stereocenters. The summed E-state index contributed by atoms with van der Waals surface area (Å²) in [4.78, 5) is 14.7. The Kier molecular flexibility index (Phi) is 8.66. The van der Waals surface area contributed by atoms with Crippen LogP contribution in [0.2, 0.25) is 0 Å². The third-order valence-electron chi connectivity index (χ3n) is 8.86. The van der Waals surface area contributed by atoms with Gasteiger partial charge in [-0.2, -0.15) is 9.97 Å². The molecular formula is C30H43FN6S. The molecule has 3 fully saturated rings. The highest BCUT2D eigenvalue weighted by Gasteiger charge is 2.34. The van der Waals surface area contributed by atoms with Crippen molar-refractivity contribution in [1.29, 1.82) is 0 Å². The summed E-state index contributed by atoms with van der Waals surface area (Å²) in [5.74, 6) is 3.00. The minimum atomic E-state index is -0.191. The monoisotopic (exact) mass is 538 g/mol. The Labute approximate surface area is 232 Å². The molecule has 0 radical (unpaired) electrons. The van der Waals surface area contributed by atoms with Gasteiger partial charge in [0.25, 0.3) is 0 Å². The highest BCUT2D eigenvalue weighted by atomic mass is 32.1. The van der Waals surface area contributed by atoms with Crippen LogP contribution >= 0.6 is 12.2 Å². The summed E-state index contributed by atoms with van der Waals surface area (Å²) in [5.41, 5.74) is 1.14. The van der Waals surface area contributed by atoms with Gasteiger partial charge in [0.2, 0.25) is 5.95 Å². The third kappa shape index (κ3) is 6.38. The molecule has 206 valence electrons. The number of nitrogens with one attached hydrogen (secondary N) is 2. The second kappa shape index (κ2) is 12.1. The van der Waals surface area contributed by atoms with E-state index in [1.54, 1.807) is 12.1 Å². The minimum Gasteiger partial charge on any atom is -0.361 e. The maximum atomic E-state index is 13.6. The molecule has 2 saturated heterocycles. The van der Waals surface area contributed by atoms with Crippen LogP contribution in [0.3, 0.4) is 0 Å². The molecule has 0 spiro atoms. The van der Waals surface area contributed by atoms with Gasteiger partial charge in [-0.3, -0.25) is 0 Å². The molecule has 38 heavy (non-hydrogen) atoms. The van der Waals surface area contributed by atoms with Crippen molar-refractivity contribution < 1.29 is 4.39 Å². The third-order valence-corrected chi connectivity index (χ3v) is 9.10. The van der Waals surface area contributed by atoms with Crippen molar-refractivity contribution >= 4 is 34.9 Å². The first kappa shape index (κ1) is 27.1. The molecule has 8 heteroatoms. The molecule has 1 aromatic carbocycles. The van der Waals surface area contributed by atoms with Crippen LogP contribution < -0.4 is 20.4 Å². The lowest BCUT2D eigenvalue weighted by Crippen LogP contribution is -2.44. The lowest BCUT2D eigenvalue weighted by molar-refractivity contribution is 0.292. The Hall–Kier alpha value is -2.48. The molecule has 0 amide bonds. The average Bonchev–Trinajstić information content (AvgIpc) is 2.93. The Bertz CT molecular complexity index is 1090. The molecule has 3 heterocycles. The van der Waals surface area contributed by atoms with Crippen LogP contribution in [-0.2, 0) is 5.41 Å². The predicted molar refractivity (Wildman–Crippen MR) is 159 cm³/mol. The van der Waals surface area contributed by atoms with Crippen LogP contribution in [0.4, 0.5) is 22.0 Å². The summed E-state index contributed by atoms with van der Waals surface area (Å²) in [6.45, 7) is 8.40. The molecule has 6 nitrogen and oxygen atoms in total. The van der Waals surface area contributed by atoms with Crippen molar-refractivity contribution in [3.63, 3.8) is 0 Å². The van der Waals surface area contributed by atoms with Gasteiger partial charge in [-0.15, -0.1) is 0 Å². The van der Waals surface area contributed by atoms with Gasteiger partial charge in [-0.25, -0.2) is 4.39 Å². The summed E-state index contributed by atoms with van der Waals surface area (Å²) in [7, 11) is 0. The highest BCUT2D eigenvalue weighted by molar-refractivity contribution is 7.80. The number of anilines is 3. The molecule has 3 aliphatic rings. The molecule has 2 N–H and O–H groups in total. The predicted octanol–water partition coefficient (Wildman–Crippen LogP) is 6.42. The van der Waals surface area contributed by atoms with Crippen LogP contribution in [0, 0.1) is 11.7 Å². The Morgan fingerprint density at radius 1 is 0.974 bits per heavy atom. The van der Waals surface area contributed by atoms with Gasteiger partial charge in [-0.1, -0.05) is 38.3 Å². The number of piperidine rings is 2. The molecule has 1 aromatic heterocycles. The Morgan fingerprint density at radius 3 is 2.47 bits per heavy atom. The summed E-state index contributed by atoms with van der Waals surface area (Å²) in [6.07, 6.45) is 11.9. The van der Waals surface area contributed by atoms with E-state index in [9.17, 15) is 4.39 Å². The first-order valence-corrected chi connectivity index (χ1v) is 15.0. The topological polar surface area (TPSA) is 56.3 Å².